The van der Waals surface area contributed by atoms with Crippen molar-refractivity contribution < 1.29 is 4.74 Å². The maximum absolute atomic E-state index is 5.66. The lowest BCUT2D eigenvalue weighted by molar-refractivity contribution is 0.121. The minimum atomic E-state index is 0.577. The summed E-state index contributed by atoms with van der Waals surface area (Å²) < 4.78 is 5.66. The second kappa shape index (κ2) is 8.87. The highest BCUT2D eigenvalue weighted by Crippen LogP contribution is 2.10. The Hall–Kier alpha value is -1.30. The van der Waals surface area contributed by atoms with Gasteiger partial charge >= 0.3 is 0 Å². The van der Waals surface area contributed by atoms with Gasteiger partial charge in [0, 0.05) is 30.2 Å². The molecule has 0 spiro atoms. The maximum Gasteiger partial charge on any atom is 0.107 e. The molecule has 114 valence electrons. The summed E-state index contributed by atoms with van der Waals surface area (Å²) in [6.07, 6.45) is 2.65. The van der Waals surface area contributed by atoms with E-state index >= 15 is 0 Å². The van der Waals surface area contributed by atoms with E-state index in [4.69, 9.17) is 4.74 Å². The Labute approximate surface area is 130 Å². The summed E-state index contributed by atoms with van der Waals surface area (Å²) >= 11 is 1.69. The lowest BCUT2D eigenvalue weighted by Gasteiger charge is -2.04. The third-order valence-electron chi connectivity index (χ3n) is 2.91. The normalized spacial score (nSPS) is 11.2. The van der Waals surface area contributed by atoms with Crippen molar-refractivity contribution in [2.75, 3.05) is 13.2 Å². The zero-order valence-electron chi connectivity index (χ0n) is 12.7. The average Bonchev–Trinajstić information content (AvgIpc) is 2.92. The fraction of sp³-hybridized carbons (Fsp3) is 0.500. The van der Waals surface area contributed by atoms with Gasteiger partial charge in [0.15, 0.2) is 0 Å². The number of ether oxygens (including phenoxy) is 1. The molecule has 2 aromatic rings. The molecule has 0 atom stereocenters. The summed E-state index contributed by atoms with van der Waals surface area (Å²) in [7, 11) is 0. The van der Waals surface area contributed by atoms with Gasteiger partial charge in [0.05, 0.1) is 18.9 Å². The minimum Gasteiger partial charge on any atom is -0.375 e. The molecule has 2 rings (SSSR count). The number of hydrogen-bond acceptors (Lipinski definition) is 5. The number of nitrogens with one attached hydrogen (secondary N) is 1. The Morgan fingerprint density at radius 2 is 2.19 bits per heavy atom. The van der Waals surface area contributed by atoms with E-state index in [-0.39, 0.29) is 0 Å². The summed E-state index contributed by atoms with van der Waals surface area (Å²) in [5, 5.41) is 6.60. The molecular formula is C16H23N3OS. The Morgan fingerprint density at radius 3 is 2.95 bits per heavy atom. The molecule has 0 fully saturated rings. The second-order valence-corrected chi connectivity index (χ2v) is 6.32. The van der Waals surface area contributed by atoms with Gasteiger partial charge in [-0.2, -0.15) is 0 Å². The molecule has 0 saturated carbocycles. The molecule has 0 aliphatic carbocycles. The molecule has 21 heavy (non-hydrogen) atoms. The van der Waals surface area contributed by atoms with E-state index in [1.807, 2.05) is 24.4 Å². The second-order valence-electron chi connectivity index (χ2n) is 5.38. The molecule has 0 saturated heterocycles. The smallest absolute Gasteiger partial charge is 0.107 e. The zero-order valence-corrected chi connectivity index (χ0v) is 13.5. The number of pyridine rings is 1. The molecular weight excluding hydrogens is 282 g/mol. The molecule has 0 unspecified atom stereocenters. The molecule has 0 aliphatic rings. The van der Waals surface area contributed by atoms with E-state index in [0.717, 1.165) is 35.9 Å². The van der Waals surface area contributed by atoms with Gasteiger partial charge in [-0.3, -0.25) is 4.98 Å². The highest BCUT2D eigenvalue weighted by molar-refractivity contribution is 7.09. The average molecular weight is 305 g/mol. The van der Waals surface area contributed by atoms with Crippen LogP contribution in [-0.2, 0) is 24.3 Å². The van der Waals surface area contributed by atoms with Crippen LogP contribution in [0.5, 0.6) is 0 Å². The van der Waals surface area contributed by atoms with Crippen molar-refractivity contribution in [1.29, 1.82) is 0 Å². The minimum absolute atomic E-state index is 0.577. The van der Waals surface area contributed by atoms with Gasteiger partial charge in [-0.25, -0.2) is 4.98 Å². The first kappa shape index (κ1) is 16.1. The fourth-order valence-electron chi connectivity index (χ4n) is 1.86. The lowest BCUT2D eigenvalue weighted by atomic mass is 10.2. The van der Waals surface area contributed by atoms with Crippen LogP contribution in [0.1, 0.15) is 30.2 Å². The van der Waals surface area contributed by atoms with E-state index < -0.39 is 0 Å². The van der Waals surface area contributed by atoms with Crippen LogP contribution in [0.25, 0.3) is 0 Å². The predicted molar refractivity (Wildman–Crippen MR) is 86.3 cm³/mol. The van der Waals surface area contributed by atoms with Crippen molar-refractivity contribution in [3.8, 4) is 0 Å². The first-order chi connectivity index (χ1) is 10.2. The van der Waals surface area contributed by atoms with Crippen LogP contribution >= 0.6 is 11.3 Å². The number of thiazole rings is 1. The number of nitrogens with zero attached hydrogens (tertiary/aromatic N) is 2. The molecule has 0 bridgehead atoms. The van der Waals surface area contributed by atoms with Crippen LogP contribution < -0.4 is 5.32 Å². The van der Waals surface area contributed by atoms with Gasteiger partial charge in [0.1, 0.15) is 5.01 Å². The van der Waals surface area contributed by atoms with Crippen LogP contribution in [0.3, 0.4) is 0 Å². The SMILES string of the molecule is CC(C)CNCc1nc(COCCc2ccccn2)cs1. The van der Waals surface area contributed by atoms with Crippen molar-refractivity contribution in [3.05, 3.63) is 46.2 Å². The molecule has 2 aromatic heterocycles. The van der Waals surface area contributed by atoms with Crippen LogP contribution in [0, 0.1) is 5.92 Å². The predicted octanol–water partition coefficient (Wildman–Crippen LogP) is 3.04. The molecule has 0 amide bonds. The standard InChI is InChI=1S/C16H23N3OS/c1-13(2)9-17-10-16-19-15(12-21-16)11-20-8-6-14-5-3-4-7-18-14/h3-5,7,12-13,17H,6,8-11H2,1-2H3. The van der Waals surface area contributed by atoms with Crippen molar-refractivity contribution in [2.45, 2.75) is 33.4 Å². The van der Waals surface area contributed by atoms with Gasteiger partial charge in [-0.05, 0) is 24.6 Å². The molecule has 1 N–H and O–H groups in total. The van der Waals surface area contributed by atoms with E-state index in [1.54, 1.807) is 11.3 Å². The number of hydrogen-bond donors (Lipinski definition) is 1. The van der Waals surface area contributed by atoms with Crippen LogP contribution in [0.2, 0.25) is 0 Å². The monoisotopic (exact) mass is 305 g/mol. The largest absolute Gasteiger partial charge is 0.375 e. The van der Waals surface area contributed by atoms with Crippen molar-refractivity contribution in [3.63, 3.8) is 0 Å². The van der Waals surface area contributed by atoms with Crippen LogP contribution in [0.15, 0.2) is 29.8 Å². The Morgan fingerprint density at radius 1 is 1.29 bits per heavy atom. The topological polar surface area (TPSA) is 47.0 Å². The Balaban J connectivity index is 1.63. The summed E-state index contributed by atoms with van der Waals surface area (Å²) in [5.74, 6) is 0.666. The third kappa shape index (κ3) is 6.33. The van der Waals surface area contributed by atoms with Crippen LogP contribution in [0.4, 0.5) is 0 Å². The van der Waals surface area contributed by atoms with Crippen molar-refractivity contribution >= 4 is 11.3 Å². The van der Waals surface area contributed by atoms with Gasteiger partial charge in [0.25, 0.3) is 0 Å². The molecule has 5 heteroatoms. The van der Waals surface area contributed by atoms with Crippen molar-refractivity contribution in [2.24, 2.45) is 5.92 Å². The molecule has 0 radical (unpaired) electrons. The first-order valence-electron chi connectivity index (χ1n) is 7.35. The Kier molecular flexibility index (Phi) is 6.79. The van der Waals surface area contributed by atoms with Gasteiger partial charge in [0.2, 0.25) is 0 Å². The summed E-state index contributed by atoms with van der Waals surface area (Å²) in [4.78, 5) is 8.84. The van der Waals surface area contributed by atoms with Gasteiger partial charge < -0.3 is 10.1 Å². The zero-order chi connectivity index (χ0) is 14.9. The summed E-state index contributed by atoms with van der Waals surface area (Å²) in [6, 6.07) is 5.94. The summed E-state index contributed by atoms with van der Waals surface area (Å²) in [5.41, 5.74) is 2.08. The van der Waals surface area contributed by atoms with Crippen molar-refractivity contribution in [1.82, 2.24) is 15.3 Å². The highest BCUT2D eigenvalue weighted by atomic mass is 32.1. The maximum atomic E-state index is 5.66. The van der Waals surface area contributed by atoms with E-state index in [2.05, 4.69) is 34.5 Å². The third-order valence-corrected chi connectivity index (χ3v) is 3.80. The molecule has 0 aliphatic heterocycles. The van der Waals surface area contributed by atoms with E-state index in [9.17, 15) is 0 Å². The highest BCUT2D eigenvalue weighted by Gasteiger charge is 2.03. The number of aromatic nitrogens is 2. The van der Waals surface area contributed by atoms with Gasteiger partial charge in [-0.15, -0.1) is 11.3 Å². The first-order valence-corrected chi connectivity index (χ1v) is 8.23. The van der Waals surface area contributed by atoms with Gasteiger partial charge in [-0.1, -0.05) is 19.9 Å². The van der Waals surface area contributed by atoms with Crippen LogP contribution in [-0.4, -0.2) is 23.1 Å². The molecule has 4 nitrogen and oxygen atoms in total. The quantitative estimate of drug-likeness (QED) is 0.723. The van der Waals surface area contributed by atoms with E-state index in [0.29, 0.717) is 19.1 Å². The van der Waals surface area contributed by atoms with E-state index in [1.165, 1.54) is 0 Å². The lowest BCUT2D eigenvalue weighted by Crippen LogP contribution is -2.18. The number of rotatable bonds is 9. The fourth-order valence-corrected chi connectivity index (χ4v) is 2.61. The molecule has 2 heterocycles. The summed E-state index contributed by atoms with van der Waals surface area (Å²) in [6.45, 7) is 7.53. The molecule has 0 aromatic carbocycles. The Bertz CT molecular complexity index is 513.